The molecule has 4 nitrogen and oxygen atoms in total. The number of anilines is 1. The lowest BCUT2D eigenvalue weighted by atomic mass is 10.2. The Morgan fingerprint density at radius 3 is 2.89 bits per heavy atom. The van der Waals surface area contributed by atoms with Gasteiger partial charge >= 0.3 is 0 Å². The molecule has 0 unspecified atom stereocenters. The second-order valence-corrected chi connectivity index (χ2v) is 6.13. The largest absolute Gasteiger partial charge is 0.309 e. The summed E-state index contributed by atoms with van der Waals surface area (Å²) in [5.41, 5.74) is 0.301. The number of amides is 1. The van der Waals surface area contributed by atoms with Gasteiger partial charge in [-0.15, -0.1) is 11.3 Å². The van der Waals surface area contributed by atoms with E-state index in [1.54, 1.807) is 0 Å². The van der Waals surface area contributed by atoms with Gasteiger partial charge in [0.05, 0.1) is 11.2 Å². The number of hydrogen-bond donors (Lipinski definition) is 1. The number of hydrogen-bond acceptors (Lipinski definition) is 4. The van der Waals surface area contributed by atoms with Crippen molar-refractivity contribution in [3.8, 4) is 0 Å². The number of pyridine rings is 1. The van der Waals surface area contributed by atoms with Gasteiger partial charge in [-0.2, -0.15) is 0 Å². The predicted molar refractivity (Wildman–Crippen MR) is 72.8 cm³/mol. The maximum atomic E-state index is 13.7. The number of carbonyl (C=O) groups excluding carboxylic acids is 1. The van der Waals surface area contributed by atoms with E-state index in [0.29, 0.717) is 16.0 Å². The van der Waals surface area contributed by atoms with Gasteiger partial charge in [-0.05, 0) is 12.8 Å². The molecule has 19 heavy (non-hydrogen) atoms. The molecule has 1 aliphatic rings. The van der Waals surface area contributed by atoms with Crippen molar-refractivity contribution < 1.29 is 9.18 Å². The van der Waals surface area contributed by atoms with Crippen LogP contribution in [0.15, 0.2) is 6.20 Å². The molecule has 1 fully saturated rings. The molecular formula is C13H14FN3OS. The van der Waals surface area contributed by atoms with E-state index in [1.165, 1.54) is 11.3 Å². The summed E-state index contributed by atoms with van der Waals surface area (Å²) in [6.45, 7) is 4.01. The highest BCUT2D eigenvalue weighted by Gasteiger charge is 2.30. The summed E-state index contributed by atoms with van der Waals surface area (Å²) >= 11 is 1.39. The maximum Gasteiger partial charge on any atom is 0.228 e. The Balaban J connectivity index is 2.03. The standard InChI is InChI=1S/C13H14FN3OS/c1-6(2)13-16-9-8(14)5-15-11(10(9)19-13)17-12(18)7-3-4-7/h5-7H,3-4H2,1-2H3,(H,15,17,18). The van der Waals surface area contributed by atoms with Crippen molar-refractivity contribution in [1.29, 1.82) is 0 Å². The van der Waals surface area contributed by atoms with Gasteiger partial charge in [0.2, 0.25) is 5.91 Å². The van der Waals surface area contributed by atoms with Crippen LogP contribution >= 0.6 is 11.3 Å². The second kappa shape index (κ2) is 4.52. The molecule has 0 spiro atoms. The summed E-state index contributed by atoms with van der Waals surface area (Å²) in [6, 6.07) is 0. The Labute approximate surface area is 114 Å². The minimum Gasteiger partial charge on any atom is -0.309 e. The molecule has 1 amide bonds. The lowest BCUT2D eigenvalue weighted by Crippen LogP contribution is -2.14. The SMILES string of the molecule is CC(C)c1nc2c(F)cnc(NC(=O)C3CC3)c2s1. The highest BCUT2D eigenvalue weighted by Crippen LogP contribution is 2.35. The van der Waals surface area contributed by atoms with E-state index in [4.69, 9.17) is 0 Å². The van der Waals surface area contributed by atoms with Crippen molar-refractivity contribution in [3.05, 3.63) is 17.0 Å². The fraction of sp³-hybridized carbons (Fsp3) is 0.462. The van der Waals surface area contributed by atoms with Gasteiger partial charge in [0, 0.05) is 11.8 Å². The van der Waals surface area contributed by atoms with Crippen LogP contribution < -0.4 is 5.32 Å². The number of fused-ring (bicyclic) bond motifs is 1. The Morgan fingerprint density at radius 1 is 1.53 bits per heavy atom. The summed E-state index contributed by atoms with van der Waals surface area (Å²) in [7, 11) is 0. The van der Waals surface area contributed by atoms with Crippen molar-refractivity contribution in [3.63, 3.8) is 0 Å². The van der Waals surface area contributed by atoms with Crippen LogP contribution in [0.5, 0.6) is 0 Å². The molecule has 1 N–H and O–H groups in total. The molecule has 1 saturated carbocycles. The Bertz CT molecular complexity index is 649. The van der Waals surface area contributed by atoms with E-state index in [0.717, 1.165) is 24.0 Å². The minimum atomic E-state index is -0.442. The molecule has 6 heteroatoms. The van der Waals surface area contributed by atoms with Crippen LogP contribution in [0.25, 0.3) is 10.2 Å². The molecule has 0 atom stereocenters. The van der Waals surface area contributed by atoms with Crippen molar-refractivity contribution >= 4 is 33.3 Å². The third-order valence-electron chi connectivity index (χ3n) is 3.08. The molecule has 2 aromatic heterocycles. The Kier molecular flexibility index (Phi) is 2.97. The number of aromatic nitrogens is 2. The summed E-state index contributed by atoms with van der Waals surface area (Å²) in [5.74, 6) is 0.281. The first-order chi connectivity index (χ1) is 9.06. The molecule has 2 aromatic rings. The van der Waals surface area contributed by atoms with E-state index in [2.05, 4.69) is 15.3 Å². The van der Waals surface area contributed by atoms with E-state index in [-0.39, 0.29) is 17.7 Å². The molecule has 100 valence electrons. The number of thiazole rings is 1. The van der Waals surface area contributed by atoms with Crippen molar-refractivity contribution in [2.75, 3.05) is 5.32 Å². The zero-order chi connectivity index (χ0) is 13.6. The summed E-state index contributed by atoms with van der Waals surface area (Å²) in [6.07, 6.45) is 2.97. The fourth-order valence-electron chi connectivity index (χ4n) is 1.80. The quantitative estimate of drug-likeness (QED) is 0.937. The van der Waals surface area contributed by atoms with Crippen molar-refractivity contribution in [2.24, 2.45) is 5.92 Å². The summed E-state index contributed by atoms with van der Waals surface area (Å²) in [4.78, 5) is 20.1. The van der Waals surface area contributed by atoms with Crippen molar-refractivity contribution in [2.45, 2.75) is 32.6 Å². The second-order valence-electron chi connectivity index (χ2n) is 5.10. The third kappa shape index (κ3) is 2.32. The highest BCUT2D eigenvalue weighted by molar-refractivity contribution is 7.19. The molecule has 0 bridgehead atoms. The van der Waals surface area contributed by atoms with E-state index in [1.807, 2.05) is 13.8 Å². The molecule has 0 radical (unpaired) electrons. The van der Waals surface area contributed by atoms with Crippen LogP contribution in [0, 0.1) is 11.7 Å². The molecule has 3 rings (SSSR count). The molecule has 0 saturated heterocycles. The summed E-state index contributed by atoms with van der Waals surface area (Å²) in [5, 5.41) is 3.63. The summed E-state index contributed by atoms with van der Waals surface area (Å²) < 4.78 is 14.3. The van der Waals surface area contributed by atoms with Gasteiger partial charge in [-0.25, -0.2) is 14.4 Å². The van der Waals surface area contributed by atoms with Gasteiger partial charge in [-0.3, -0.25) is 4.79 Å². The van der Waals surface area contributed by atoms with Crippen molar-refractivity contribution in [1.82, 2.24) is 9.97 Å². The Morgan fingerprint density at radius 2 is 2.26 bits per heavy atom. The normalized spacial score (nSPS) is 15.2. The highest BCUT2D eigenvalue weighted by atomic mass is 32.1. The zero-order valence-corrected chi connectivity index (χ0v) is 11.6. The number of nitrogens with zero attached hydrogens (tertiary/aromatic N) is 2. The van der Waals surface area contributed by atoms with Crippen LogP contribution in [0.3, 0.4) is 0 Å². The zero-order valence-electron chi connectivity index (χ0n) is 10.7. The van der Waals surface area contributed by atoms with Gasteiger partial charge in [0.1, 0.15) is 10.2 Å². The van der Waals surface area contributed by atoms with Crippen LogP contribution in [-0.4, -0.2) is 15.9 Å². The number of rotatable bonds is 3. The van der Waals surface area contributed by atoms with Gasteiger partial charge < -0.3 is 5.32 Å². The lowest BCUT2D eigenvalue weighted by molar-refractivity contribution is -0.117. The molecule has 2 heterocycles. The fourth-order valence-corrected chi connectivity index (χ4v) is 2.82. The Hall–Kier alpha value is -1.56. The molecule has 1 aliphatic carbocycles. The number of carbonyl (C=O) groups is 1. The molecule has 0 aromatic carbocycles. The van der Waals surface area contributed by atoms with Crippen LogP contribution in [0.4, 0.5) is 10.2 Å². The number of nitrogens with one attached hydrogen (secondary N) is 1. The first kappa shape index (κ1) is 12.5. The van der Waals surface area contributed by atoms with E-state index < -0.39 is 5.82 Å². The smallest absolute Gasteiger partial charge is 0.228 e. The molecule has 0 aliphatic heterocycles. The first-order valence-electron chi connectivity index (χ1n) is 6.32. The van der Waals surface area contributed by atoms with Gasteiger partial charge in [-0.1, -0.05) is 13.8 Å². The molecular weight excluding hydrogens is 265 g/mol. The van der Waals surface area contributed by atoms with Gasteiger partial charge in [0.25, 0.3) is 0 Å². The number of halogens is 1. The minimum absolute atomic E-state index is 0.0279. The van der Waals surface area contributed by atoms with E-state index in [9.17, 15) is 9.18 Å². The topological polar surface area (TPSA) is 54.9 Å². The monoisotopic (exact) mass is 279 g/mol. The third-order valence-corrected chi connectivity index (χ3v) is 4.44. The first-order valence-corrected chi connectivity index (χ1v) is 7.13. The average molecular weight is 279 g/mol. The van der Waals surface area contributed by atoms with E-state index >= 15 is 0 Å². The van der Waals surface area contributed by atoms with Crippen LogP contribution in [0.1, 0.15) is 37.6 Å². The van der Waals surface area contributed by atoms with Crippen LogP contribution in [0.2, 0.25) is 0 Å². The predicted octanol–water partition coefficient (Wildman–Crippen LogP) is 3.30. The average Bonchev–Trinajstić information content (AvgIpc) is 3.11. The van der Waals surface area contributed by atoms with Gasteiger partial charge in [0.15, 0.2) is 11.6 Å². The van der Waals surface area contributed by atoms with Crippen LogP contribution in [-0.2, 0) is 4.79 Å². The lowest BCUT2D eigenvalue weighted by Gasteiger charge is -2.03. The maximum absolute atomic E-state index is 13.7.